The van der Waals surface area contributed by atoms with Crippen LogP contribution in [0, 0.1) is 11.8 Å². The van der Waals surface area contributed by atoms with Crippen molar-refractivity contribution < 1.29 is 29.0 Å². The maximum Gasteiger partial charge on any atom is 0.312 e. The first kappa shape index (κ1) is 23.7. The van der Waals surface area contributed by atoms with Crippen molar-refractivity contribution in [1.82, 2.24) is 25.2 Å². The molecule has 188 valence electrons. The molecule has 5 atom stereocenters. The van der Waals surface area contributed by atoms with Crippen molar-refractivity contribution in [3.8, 4) is 0 Å². The lowest BCUT2D eigenvalue weighted by molar-refractivity contribution is -0.159. The van der Waals surface area contributed by atoms with Gasteiger partial charge in [-0.05, 0) is 51.7 Å². The summed E-state index contributed by atoms with van der Waals surface area (Å²) in [6.45, 7) is 4.13. The van der Waals surface area contributed by atoms with E-state index in [-0.39, 0.29) is 38.2 Å². The number of unbranched alkanes of at least 4 members (excludes halogenated alkanes) is 1. The molecule has 3 fully saturated rings. The summed E-state index contributed by atoms with van der Waals surface area (Å²) in [4.78, 5) is 41.9. The Labute approximate surface area is 202 Å². The maximum absolute atomic E-state index is 13.7. The van der Waals surface area contributed by atoms with Gasteiger partial charge in [-0.1, -0.05) is 17.3 Å². The average molecular weight is 486 g/mol. The largest absolute Gasteiger partial charge is 0.466 e. The number of aliphatic hydroxyl groups excluding tert-OH is 1. The molecule has 4 heterocycles. The first-order chi connectivity index (χ1) is 16.9. The number of benzene rings is 1. The van der Waals surface area contributed by atoms with E-state index in [0.717, 1.165) is 5.52 Å². The highest BCUT2D eigenvalue weighted by molar-refractivity contribution is 5.98. The second kappa shape index (κ2) is 8.87. The number of nitrogens with zero attached hydrogens (tertiary/aromatic N) is 4. The Morgan fingerprint density at radius 2 is 2.09 bits per heavy atom. The van der Waals surface area contributed by atoms with E-state index >= 15 is 0 Å². The predicted octanol–water partition coefficient (Wildman–Crippen LogP) is 0.605. The molecule has 2 amide bonds. The molecule has 11 nitrogen and oxygen atoms in total. The van der Waals surface area contributed by atoms with Gasteiger partial charge in [-0.2, -0.15) is 0 Å². The van der Waals surface area contributed by atoms with Gasteiger partial charge in [-0.15, -0.1) is 5.10 Å². The summed E-state index contributed by atoms with van der Waals surface area (Å²) in [7, 11) is 0. The van der Waals surface area contributed by atoms with Crippen molar-refractivity contribution >= 4 is 28.8 Å². The second-order valence-corrected chi connectivity index (χ2v) is 9.72. The van der Waals surface area contributed by atoms with Gasteiger partial charge >= 0.3 is 5.97 Å². The molecule has 1 spiro atoms. The number of amides is 2. The summed E-state index contributed by atoms with van der Waals surface area (Å²) in [5, 5.41) is 20.4. The van der Waals surface area contributed by atoms with E-state index in [1.165, 1.54) is 4.90 Å². The number of aliphatic hydroxyl groups is 1. The minimum absolute atomic E-state index is 0.00708. The van der Waals surface area contributed by atoms with Crippen molar-refractivity contribution in [2.75, 3.05) is 19.8 Å². The molecule has 1 aromatic heterocycles. The SMILES string of the molecule is CCOC(=O)[C@@H]1[C@H]2C(=O)N(CCCCO)C(C(=O)NCn3nnc4ccccc43)C23CC[C@@]1(C)O3. The zero-order valence-electron chi connectivity index (χ0n) is 20.0. The van der Waals surface area contributed by atoms with Crippen molar-refractivity contribution in [2.24, 2.45) is 11.8 Å². The number of hydrogen-bond donors (Lipinski definition) is 2. The van der Waals surface area contributed by atoms with Crippen LogP contribution in [0.15, 0.2) is 24.3 Å². The Kier molecular flexibility index (Phi) is 6.00. The van der Waals surface area contributed by atoms with E-state index in [1.54, 1.807) is 11.6 Å². The molecule has 3 aliphatic rings. The highest BCUT2D eigenvalue weighted by atomic mass is 16.6. The molecule has 0 saturated carbocycles. The number of fused-ring (bicyclic) bond motifs is 2. The van der Waals surface area contributed by atoms with E-state index in [0.29, 0.717) is 31.2 Å². The Bertz CT molecular complexity index is 1150. The summed E-state index contributed by atoms with van der Waals surface area (Å²) in [6.07, 6.45) is 2.09. The second-order valence-electron chi connectivity index (χ2n) is 9.72. The van der Waals surface area contributed by atoms with E-state index in [9.17, 15) is 19.5 Å². The first-order valence-corrected chi connectivity index (χ1v) is 12.2. The summed E-state index contributed by atoms with van der Waals surface area (Å²) >= 11 is 0. The van der Waals surface area contributed by atoms with E-state index < -0.39 is 35.0 Å². The van der Waals surface area contributed by atoms with Crippen LogP contribution in [-0.4, -0.2) is 79.8 Å². The maximum atomic E-state index is 13.7. The smallest absolute Gasteiger partial charge is 0.312 e. The molecule has 2 unspecified atom stereocenters. The number of nitrogens with one attached hydrogen (secondary N) is 1. The summed E-state index contributed by atoms with van der Waals surface area (Å²) in [6, 6.07) is 6.54. The number of carbonyl (C=O) groups is 3. The van der Waals surface area contributed by atoms with Gasteiger partial charge in [-0.3, -0.25) is 14.4 Å². The average Bonchev–Trinajstić information content (AvgIpc) is 3.54. The standard InChI is InChI=1S/C24H31N5O6/c1-3-34-22(33)18-17-21(32)28(12-6-7-13-30)19(24(17)11-10-23(18,2)35-24)20(31)25-14-29-16-9-5-4-8-15(16)26-27-29/h4-5,8-9,17-19,30H,3,6-7,10-14H2,1-2H3,(H,25,31)/t17-,18-,19?,23+,24?/m0/s1. The molecular formula is C24H31N5O6. The topological polar surface area (TPSA) is 136 Å². The van der Waals surface area contributed by atoms with E-state index in [4.69, 9.17) is 9.47 Å². The van der Waals surface area contributed by atoms with Crippen molar-refractivity contribution in [2.45, 2.75) is 63.4 Å². The molecule has 1 aromatic carbocycles. The van der Waals surface area contributed by atoms with Gasteiger partial charge in [0.2, 0.25) is 11.8 Å². The Hall–Kier alpha value is -3.05. The van der Waals surface area contributed by atoms with Gasteiger partial charge < -0.3 is 24.8 Å². The number of likely N-dealkylation sites (tertiary alicyclic amines) is 1. The van der Waals surface area contributed by atoms with Crippen molar-refractivity contribution in [1.29, 1.82) is 0 Å². The molecule has 11 heteroatoms. The third-order valence-electron chi connectivity index (χ3n) is 7.70. The lowest BCUT2D eigenvalue weighted by Gasteiger charge is -2.33. The zero-order chi connectivity index (χ0) is 24.8. The lowest BCUT2D eigenvalue weighted by atomic mass is 9.66. The highest BCUT2D eigenvalue weighted by Gasteiger charge is 2.78. The Balaban J connectivity index is 1.44. The van der Waals surface area contributed by atoms with Crippen LogP contribution in [0.3, 0.4) is 0 Å². The first-order valence-electron chi connectivity index (χ1n) is 12.2. The number of hydrogen-bond acceptors (Lipinski definition) is 8. The van der Waals surface area contributed by atoms with Crippen molar-refractivity contribution in [3.63, 3.8) is 0 Å². The molecule has 35 heavy (non-hydrogen) atoms. The fourth-order valence-corrected chi connectivity index (χ4v) is 6.23. The van der Waals surface area contributed by atoms with Crippen LogP contribution in [-0.2, 0) is 30.5 Å². The van der Waals surface area contributed by atoms with Crippen LogP contribution in [0.5, 0.6) is 0 Å². The van der Waals surface area contributed by atoms with Crippen LogP contribution >= 0.6 is 0 Å². The summed E-state index contributed by atoms with van der Waals surface area (Å²) in [5.41, 5.74) is -0.467. The molecule has 2 N–H and O–H groups in total. The highest BCUT2D eigenvalue weighted by Crippen LogP contribution is 2.63. The molecule has 2 aromatic rings. The normalized spacial score (nSPS) is 31.2. The third-order valence-corrected chi connectivity index (χ3v) is 7.70. The fraction of sp³-hybridized carbons (Fsp3) is 0.625. The third kappa shape index (κ3) is 3.59. The van der Waals surface area contributed by atoms with Crippen LogP contribution in [0.4, 0.5) is 0 Å². The van der Waals surface area contributed by atoms with Crippen molar-refractivity contribution in [3.05, 3.63) is 24.3 Å². The number of aromatic nitrogens is 3. The van der Waals surface area contributed by atoms with Gasteiger partial charge in [0.15, 0.2) is 0 Å². The van der Waals surface area contributed by atoms with Crippen LogP contribution in [0.25, 0.3) is 11.0 Å². The lowest BCUT2D eigenvalue weighted by Crippen LogP contribution is -2.55. The minimum Gasteiger partial charge on any atom is -0.466 e. The minimum atomic E-state index is -1.10. The molecule has 3 saturated heterocycles. The van der Waals surface area contributed by atoms with Gasteiger partial charge in [0, 0.05) is 13.2 Å². The van der Waals surface area contributed by atoms with Gasteiger partial charge in [0.25, 0.3) is 0 Å². The zero-order valence-corrected chi connectivity index (χ0v) is 20.0. The summed E-state index contributed by atoms with van der Waals surface area (Å²) in [5.74, 6) is -2.63. The number of rotatable bonds is 9. The Morgan fingerprint density at radius 1 is 1.29 bits per heavy atom. The van der Waals surface area contributed by atoms with Crippen LogP contribution in [0.1, 0.15) is 39.5 Å². The van der Waals surface area contributed by atoms with Crippen LogP contribution < -0.4 is 5.32 Å². The quantitative estimate of drug-likeness (QED) is 0.389. The number of esters is 1. The number of carbonyl (C=O) groups excluding carboxylic acids is 3. The molecule has 0 radical (unpaired) electrons. The predicted molar refractivity (Wildman–Crippen MR) is 123 cm³/mol. The molecule has 5 rings (SSSR count). The monoisotopic (exact) mass is 485 g/mol. The Morgan fingerprint density at radius 3 is 2.86 bits per heavy atom. The number of para-hydroxylation sites is 1. The van der Waals surface area contributed by atoms with Gasteiger partial charge in [-0.25, -0.2) is 4.68 Å². The fourth-order valence-electron chi connectivity index (χ4n) is 6.23. The summed E-state index contributed by atoms with van der Waals surface area (Å²) < 4.78 is 13.4. The van der Waals surface area contributed by atoms with Gasteiger partial charge in [0.1, 0.15) is 29.7 Å². The molecule has 3 aliphatic heterocycles. The van der Waals surface area contributed by atoms with E-state index in [1.807, 2.05) is 31.2 Å². The molecule has 0 aliphatic carbocycles. The molecule has 2 bridgehead atoms. The van der Waals surface area contributed by atoms with Gasteiger partial charge in [0.05, 0.1) is 23.6 Å². The van der Waals surface area contributed by atoms with E-state index in [2.05, 4.69) is 15.6 Å². The number of ether oxygens (including phenoxy) is 2. The molecular weight excluding hydrogens is 454 g/mol. The van der Waals surface area contributed by atoms with Crippen LogP contribution in [0.2, 0.25) is 0 Å².